The number of halogens is 3. The van der Waals surface area contributed by atoms with E-state index in [-0.39, 0.29) is 12.3 Å². The molecule has 1 aliphatic heterocycles. The molecule has 0 spiro atoms. The fraction of sp³-hybridized carbons (Fsp3) is 0.278. The quantitative estimate of drug-likeness (QED) is 0.886. The zero-order valence-corrected chi connectivity index (χ0v) is 13.7. The van der Waals surface area contributed by atoms with Crippen LogP contribution in [0.5, 0.6) is 0 Å². The maximum atomic E-state index is 14.1. The van der Waals surface area contributed by atoms with Crippen LogP contribution >= 0.6 is 11.6 Å². The number of hydrogen-bond donors (Lipinski definition) is 1. The molecule has 0 bridgehead atoms. The topological polar surface area (TPSA) is 32.3 Å². The number of nitrogens with zero attached hydrogens (tertiary/aromatic N) is 1. The maximum Gasteiger partial charge on any atom is 0.226 e. The van der Waals surface area contributed by atoms with Crippen molar-refractivity contribution >= 4 is 28.9 Å². The van der Waals surface area contributed by atoms with E-state index in [9.17, 15) is 13.6 Å². The Morgan fingerprint density at radius 1 is 1.25 bits per heavy atom. The second kappa shape index (κ2) is 7.18. The van der Waals surface area contributed by atoms with Gasteiger partial charge >= 0.3 is 0 Å². The van der Waals surface area contributed by atoms with E-state index >= 15 is 0 Å². The van der Waals surface area contributed by atoms with Crippen molar-refractivity contribution in [3.05, 3.63) is 58.6 Å². The molecule has 6 heteroatoms. The van der Waals surface area contributed by atoms with Crippen molar-refractivity contribution in [2.45, 2.75) is 19.3 Å². The lowest BCUT2D eigenvalue weighted by molar-refractivity contribution is -0.116. The van der Waals surface area contributed by atoms with Gasteiger partial charge in [0.25, 0.3) is 0 Å². The molecule has 0 atom stereocenters. The van der Waals surface area contributed by atoms with E-state index in [0.29, 0.717) is 41.5 Å². The van der Waals surface area contributed by atoms with E-state index in [0.717, 1.165) is 12.5 Å². The standard InChI is InChI=1S/C18H17ClF2N2O/c19-14-5-1-2-6-16(14)22-17(24)7-9-23-8-3-4-12-10-13(20)11-15(21)18(12)23/h1-2,5-6,10-11H,3-4,7-9H2,(H,22,24). The van der Waals surface area contributed by atoms with Crippen molar-refractivity contribution in [3.63, 3.8) is 0 Å². The fourth-order valence-electron chi connectivity index (χ4n) is 2.97. The molecule has 2 aromatic carbocycles. The van der Waals surface area contributed by atoms with Crippen molar-refractivity contribution in [1.82, 2.24) is 0 Å². The predicted octanol–water partition coefficient (Wildman–Crippen LogP) is 4.40. The van der Waals surface area contributed by atoms with Crippen molar-refractivity contribution in [2.75, 3.05) is 23.3 Å². The van der Waals surface area contributed by atoms with Crippen LogP contribution in [0.4, 0.5) is 20.2 Å². The molecule has 1 N–H and O–H groups in total. The molecule has 0 fully saturated rings. The van der Waals surface area contributed by atoms with E-state index < -0.39 is 11.6 Å². The molecule has 0 unspecified atom stereocenters. The first-order valence-corrected chi connectivity index (χ1v) is 8.19. The summed E-state index contributed by atoms with van der Waals surface area (Å²) < 4.78 is 27.4. The second-order valence-corrected chi connectivity index (χ2v) is 6.17. The van der Waals surface area contributed by atoms with Gasteiger partial charge in [-0.2, -0.15) is 0 Å². The van der Waals surface area contributed by atoms with Crippen LogP contribution in [0.15, 0.2) is 36.4 Å². The van der Waals surface area contributed by atoms with Gasteiger partial charge < -0.3 is 10.2 Å². The SMILES string of the molecule is O=C(CCN1CCCc2cc(F)cc(F)c21)Nc1ccccc1Cl. The monoisotopic (exact) mass is 350 g/mol. The number of anilines is 2. The molecule has 0 saturated heterocycles. The summed E-state index contributed by atoms with van der Waals surface area (Å²) in [6, 6.07) is 9.24. The molecule has 0 saturated carbocycles. The first-order chi connectivity index (χ1) is 11.5. The highest BCUT2D eigenvalue weighted by molar-refractivity contribution is 6.33. The van der Waals surface area contributed by atoms with Gasteiger partial charge in [-0.25, -0.2) is 8.78 Å². The lowest BCUT2D eigenvalue weighted by atomic mass is 10.0. The third-order valence-electron chi connectivity index (χ3n) is 4.05. The average Bonchev–Trinajstić information content (AvgIpc) is 2.54. The van der Waals surface area contributed by atoms with Crippen molar-refractivity contribution in [2.24, 2.45) is 0 Å². The minimum Gasteiger partial charge on any atom is -0.368 e. The summed E-state index contributed by atoms with van der Waals surface area (Å²) in [6.45, 7) is 1.01. The van der Waals surface area contributed by atoms with Gasteiger partial charge in [-0.1, -0.05) is 23.7 Å². The number of para-hydroxylation sites is 1. The summed E-state index contributed by atoms with van der Waals surface area (Å²) in [5, 5.41) is 3.21. The normalized spacial score (nSPS) is 13.5. The number of fused-ring (bicyclic) bond motifs is 1. The third-order valence-corrected chi connectivity index (χ3v) is 4.38. The number of carbonyl (C=O) groups is 1. The van der Waals surface area contributed by atoms with Gasteiger partial charge in [0.05, 0.1) is 16.4 Å². The van der Waals surface area contributed by atoms with Crippen molar-refractivity contribution in [1.29, 1.82) is 0 Å². The van der Waals surface area contributed by atoms with Crippen LogP contribution in [0.3, 0.4) is 0 Å². The summed E-state index contributed by atoms with van der Waals surface area (Å²) in [5.74, 6) is -1.33. The molecule has 1 aliphatic rings. The summed E-state index contributed by atoms with van der Waals surface area (Å²) >= 11 is 6.01. The first kappa shape index (κ1) is 16.7. The molecule has 1 heterocycles. The summed E-state index contributed by atoms with van der Waals surface area (Å²) in [6.07, 6.45) is 1.65. The number of nitrogens with one attached hydrogen (secondary N) is 1. The van der Waals surface area contributed by atoms with E-state index in [1.54, 1.807) is 29.2 Å². The van der Waals surface area contributed by atoms with Crippen LogP contribution in [0.2, 0.25) is 5.02 Å². The highest BCUT2D eigenvalue weighted by Gasteiger charge is 2.22. The number of amides is 1. The van der Waals surface area contributed by atoms with E-state index in [1.807, 2.05) is 0 Å². The Labute approximate surface area is 144 Å². The predicted molar refractivity (Wildman–Crippen MR) is 91.6 cm³/mol. The Balaban J connectivity index is 1.66. The average molecular weight is 351 g/mol. The third kappa shape index (κ3) is 3.67. The molecule has 1 amide bonds. The lowest BCUT2D eigenvalue weighted by Crippen LogP contribution is -2.33. The molecule has 0 aromatic heterocycles. The zero-order valence-electron chi connectivity index (χ0n) is 13.0. The highest BCUT2D eigenvalue weighted by atomic mass is 35.5. The van der Waals surface area contributed by atoms with Gasteiger partial charge in [-0.3, -0.25) is 4.79 Å². The number of hydrogen-bond acceptors (Lipinski definition) is 2. The maximum absolute atomic E-state index is 14.1. The minimum atomic E-state index is -0.573. The van der Waals surface area contributed by atoms with E-state index in [2.05, 4.69) is 5.32 Å². The molecule has 126 valence electrons. The van der Waals surface area contributed by atoms with Crippen molar-refractivity contribution < 1.29 is 13.6 Å². The summed E-state index contributed by atoms with van der Waals surface area (Å²) in [5.41, 5.74) is 1.62. The second-order valence-electron chi connectivity index (χ2n) is 5.76. The Hall–Kier alpha value is -2.14. The van der Waals surface area contributed by atoms with Crippen LogP contribution in [0, 0.1) is 11.6 Å². The Bertz CT molecular complexity index is 767. The lowest BCUT2D eigenvalue weighted by Gasteiger charge is -2.31. The number of carbonyl (C=O) groups excluding carboxylic acids is 1. The Morgan fingerprint density at radius 3 is 2.83 bits per heavy atom. The number of aryl methyl sites for hydroxylation is 1. The highest BCUT2D eigenvalue weighted by Crippen LogP contribution is 2.31. The van der Waals surface area contributed by atoms with Crippen LogP contribution in [0.1, 0.15) is 18.4 Å². The summed E-state index contributed by atoms with van der Waals surface area (Å²) in [4.78, 5) is 13.9. The molecule has 24 heavy (non-hydrogen) atoms. The Morgan fingerprint density at radius 2 is 2.04 bits per heavy atom. The molecule has 2 aromatic rings. The summed E-state index contributed by atoms with van der Waals surface area (Å²) in [7, 11) is 0. The van der Waals surface area contributed by atoms with Gasteiger partial charge in [0.15, 0.2) is 0 Å². The molecular formula is C18H17ClF2N2O. The number of rotatable bonds is 4. The smallest absolute Gasteiger partial charge is 0.226 e. The van der Waals surface area contributed by atoms with Gasteiger partial charge in [-0.15, -0.1) is 0 Å². The molecule has 0 aliphatic carbocycles. The van der Waals surface area contributed by atoms with Crippen LogP contribution in [-0.4, -0.2) is 19.0 Å². The van der Waals surface area contributed by atoms with Crippen LogP contribution in [0.25, 0.3) is 0 Å². The largest absolute Gasteiger partial charge is 0.368 e. The molecule has 3 rings (SSSR count). The first-order valence-electron chi connectivity index (χ1n) is 7.82. The number of benzene rings is 2. The zero-order chi connectivity index (χ0) is 17.1. The van der Waals surface area contributed by atoms with Gasteiger partial charge in [-0.05, 0) is 36.6 Å². The molecule has 0 radical (unpaired) electrons. The van der Waals surface area contributed by atoms with Crippen LogP contribution in [-0.2, 0) is 11.2 Å². The van der Waals surface area contributed by atoms with Gasteiger partial charge in [0, 0.05) is 25.6 Å². The van der Waals surface area contributed by atoms with Gasteiger partial charge in [0.1, 0.15) is 11.6 Å². The molecular weight excluding hydrogens is 334 g/mol. The van der Waals surface area contributed by atoms with Crippen LogP contribution < -0.4 is 10.2 Å². The van der Waals surface area contributed by atoms with E-state index in [1.165, 1.54) is 6.07 Å². The van der Waals surface area contributed by atoms with Gasteiger partial charge in [0.2, 0.25) is 5.91 Å². The molecule has 3 nitrogen and oxygen atoms in total. The fourth-order valence-corrected chi connectivity index (χ4v) is 3.15. The van der Waals surface area contributed by atoms with E-state index in [4.69, 9.17) is 11.6 Å². The minimum absolute atomic E-state index is 0.196. The van der Waals surface area contributed by atoms with Crippen molar-refractivity contribution in [3.8, 4) is 0 Å². The Kier molecular flexibility index (Phi) is 5.00.